The van der Waals surface area contributed by atoms with Gasteiger partial charge in [0.2, 0.25) is 0 Å². The summed E-state index contributed by atoms with van der Waals surface area (Å²) in [5.74, 6) is -0.963. The zero-order valence-corrected chi connectivity index (χ0v) is 8.56. The van der Waals surface area contributed by atoms with Crippen molar-refractivity contribution in [1.29, 1.82) is 0 Å². The second kappa shape index (κ2) is 4.02. The molecule has 1 aromatic heterocycles. The van der Waals surface area contributed by atoms with Gasteiger partial charge in [0, 0.05) is 15.8 Å². The number of rotatable bonds is 3. The average molecular weight is 250 g/mol. The van der Waals surface area contributed by atoms with Gasteiger partial charge < -0.3 is 10.8 Å². The third kappa shape index (κ3) is 2.30. The second-order valence-electron chi connectivity index (χ2n) is 2.34. The highest BCUT2D eigenvalue weighted by Crippen LogP contribution is 2.23. The molecule has 0 radical (unpaired) electrons. The van der Waals surface area contributed by atoms with Gasteiger partial charge in [0.05, 0.1) is 0 Å². The lowest BCUT2D eigenvalue weighted by atomic mass is 10.2. The molecule has 0 bridgehead atoms. The maximum absolute atomic E-state index is 10.4. The summed E-state index contributed by atoms with van der Waals surface area (Å²) in [5, 5.41) is 10.4. The first-order valence-corrected chi connectivity index (χ1v) is 4.99. The molecular formula is C7H8BrNO2S. The van der Waals surface area contributed by atoms with Crippen molar-refractivity contribution in [3.8, 4) is 0 Å². The van der Waals surface area contributed by atoms with E-state index < -0.39 is 12.0 Å². The molecule has 0 fully saturated rings. The monoisotopic (exact) mass is 249 g/mol. The van der Waals surface area contributed by atoms with Crippen LogP contribution in [-0.4, -0.2) is 17.1 Å². The fourth-order valence-electron chi connectivity index (χ4n) is 0.758. The first-order chi connectivity index (χ1) is 5.61. The summed E-state index contributed by atoms with van der Waals surface area (Å²) in [6, 6.07) is 1.08. The van der Waals surface area contributed by atoms with Crippen molar-refractivity contribution < 1.29 is 9.90 Å². The highest BCUT2D eigenvalue weighted by atomic mass is 79.9. The largest absolute Gasteiger partial charge is 0.480 e. The van der Waals surface area contributed by atoms with Crippen molar-refractivity contribution >= 4 is 33.2 Å². The zero-order chi connectivity index (χ0) is 9.14. The molecule has 0 aliphatic rings. The number of carbonyl (C=O) groups is 1. The molecule has 0 aliphatic carbocycles. The Labute approximate surface area is 82.3 Å². The van der Waals surface area contributed by atoms with E-state index in [1.54, 1.807) is 0 Å². The molecule has 1 heterocycles. The Hall–Kier alpha value is -0.390. The number of carboxylic acid groups (broad SMARTS) is 1. The van der Waals surface area contributed by atoms with Crippen LogP contribution >= 0.6 is 27.3 Å². The van der Waals surface area contributed by atoms with Crippen LogP contribution in [0.2, 0.25) is 0 Å². The van der Waals surface area contributed by atoms with Crippen LogP contribution in [0.25, 0.3) is 0 Å². The van der Waals surface area contributed by atoms with E-state index in [4.69, 9.17) is 10.8 Å². The first-order valence-electron chi connectivity index (χ1n) is 3.31. The summed E-state index contributed by atoms with van der Waals surface area (Å²) in [4.78, 5) is 11.4. The van der Waals surface area contributed by atoms with Gasteiger partial charge in [-0.05, 0) is 27.4 Å². The summed E-state index contributed by atoms with van der Waals surface area (Å²) in [7, 11) is 0. The predicted molar refractivity (Wildman–Crippen MR) is 51.3 cm³/mol. The SMILES string of the molecule is N[C@H](Cc1sccc1Br)C(=O)O. The lowest BCUT2D eigenvalue weighted by Crippen LogP contribution is -2.31. The summed E-state index contributed by atoms with van der Waals surface area (Å²) < 4.78 is 0.934. The Kier molecular flexibility index (Phi) is 3.25. The molecule has 5 heteroatoms. The van der Waals surface area contributed by atoms with Gasteiger partial charge in [-0.25, -0.2) is 0 Å². The number of halogens is 1. The summed E-state index contributed by atoms with van der Waals surface area (Å²) in [6.07, 6.45) is 0.383. The molecule has 0 aliphatic heterocycles. The first kappa shape index (κ1) is 9.70. The molecule has 0 saturated heterocycles. The van der Waals surface area contributed by atoms with Crippen LogP contribution in [0.1, 0.15) is 4.88 Å². The molecule has 0 spiro atoms. The lowest BCUT2D eigenvalue weighted by molar-refractivity contribution is -0.138. The number of hydrogen-bond donors (Lipinski definition) is 2. The van der Waals surface area contributed by atoms with E-state index in [0.717, 1.165) is 9.35 Å². The molecule has 0 saturated carbocycles. The molecule has 66 valence electrons. The van der Waals surface area contributed by atoms with Crippen molar-refractivity contribution in [3.05, 3.63) is 20.8 Å². The predicted octanol–water partition coefficient (Wildman–Crippen LogP) is 1.47. The smallest absolute Gasteiger partial charge is 0.320 e. The molecule has 1 rings (SSSR count). The maximum atomic E-state index is 10.4. The van der Waals surface area contributed by atoms with Gasteiger partial charge in [0.1, 0.15) is 6.04 Å². The van der Waals surface area contributed by atoms with E-state index >= 15 is 0 Å². The van der Waals surface area contributed by atoms with E-state index in [0.29, 0.717) is 6.42 Å². The topological polar surface area (TPSA) is 63.3 Å². The van der Waals surface area contributed by atoms with E-state index in [1.807, 2.05) is 11.4 Å². The average Bonchev–Trinajstić information content (AvgIpc) is 2.36. The van der Waals surface area contributed by atoms with Gasteiger partial charge in [-0.2, -0.15) is 0 Å². The Bertz CT molecular complexity index is 287. The maximum Gasteiger partial charge on any atom is 0.320 e. The Balaban J connectivity index is 2.64. The quantitative estimate of drug-likeness (QED) is 0.853. The van der Waals surface area contributed by atoms with Crippen LogP contribution in [0.4, 0.5) is 0 Å². The molecule has 3 N–H and O–H groups in total. The second-order valence-corrected chi connectivity index (χ2v) is 4.20. The highest BCUT2D eigenvalue weighted by molar-refractivity contribution is 9.10. The molecule has 0 aromatic carbocycles. The third-order valence-corrected chi connectivity index (χ3v) is 3.36. The molecular weight excluding hydrogens is 242 g/mol. The van der Waals surface area contributed by atoms with Crippen LogP contribution in [0.15, 0.2) is 15.9 Å². The zero-order valence-electron chi connectivity index (χ0n) is 6.16. The van der Waals surface area contributed by atoms with E-state index in [2.05, 4.69) is 15.9 Å². The van der Waals surface area contributed by atoms with Crippen LogP contribution in [0.5, 0.6) is 0 Å². The minimum Gasteiger partial charge on any atom is -0.480 e. The van der Waals surface area contributed by atoms with Crippen LogP contribution in [0, 0.1) is 0 Å². The fraction of sp³-hybridized carbons (Fsp3) is 0.286. The number of thiophene rings is 1. The van der Waals surface area contributed by atoms with Crippen molar-refractivity contribution in [1.82, 2.24) is 0 Å². The molecule has 3 nitrogen and oxygen atoms in total. The van der Waals surface area contributed by atoms with Crippen LogP contribution in [-0.2, 0) is 11.2 Å². The molecule has 1 aromatic rings. The van der Waals surface area contributed by atoms with Gasteiger partial charge >= 0.3 is 5.97 Å². The van der Waals surface area contributed by atoms with Gasteiger partial charge in [-0.3, -0.25) is 4.79 Å². The van der Waals surface area contributed by atoms with Gasteiger partial charge in [-0.15, -0.1) is 11.3 Å². The fourth-order valence-corrected chi connectivity index (χ4v) is 2.33. The van der Waals surface area contributed by atoms with Crippen molar-refractivity contribution in [3.63, 3.8) is 0 Å². The van der Waals surface area contributed by atoms with Gasteiger partial charge in [0.25, 0.3) is 0 Å². The number of hydrogen-bond acceptors (Lipinski definition) is 3. The normalized spacial score (nSPS) is 12.8. The highest BCUT2D eigenvalue weighted by Gasteiger charge is 2.14. The summed E-state index contributed by atoms with van der Waals surface area (Å²) in [5.41, 5.74) is 5.36. The molecule has 0 unspecified atom stereocenters. The number of nitrogens with two attached hydrogens (primary N) is 1. The van der Waals surface area contributed by atoms with Crippen molar-refractivity contribution in [2.45, 2.75) is 12.5 Å². The lowest BCUT2D eigenvalue weighted by Gasteiger charge is -2.03. The van der Waals surface area contributed by atoms with E-state index in [9.17, 15) is 4.79 Å². The van der Waals surface area contributed by atoms with Gasteiger partial charge in [0.15, 0.2) is 0 Å². The van der Waals surface area contributed by atoms with Gasteiger partial charge in [-0.1, -0.05) is 0 Å². The molecule has 0 amide bonds. The summed E-state index contributed by atoms with van der Waals surface area (Å²) >= 11 is 4.81. The number of carboxylic acids is 1. The van der Waals surface area contributed by atoms with Crippen molar-refractivity contribution in [2.24, 2.45) is 5.73 Å². The minimum atomic E-state index is -0.963. The van der Waals surface area contributed by atoms with E-state index in [1.165, 1.54) is 11.3 Å². The van der Waals surface area contributed by atoms with Crippen LogP contribution in [0.3, 0.4) is 0 Å². The Morgan fingerprint density at radius 1 is 1.83 bits per heavy atom. The van der Waals surface area contributed by atoms with Crippen LogP contribution < -0.4 is 5.73 Å². The number of aliphatic carboxylic acids is 1. The Morgan fingerprint density at radius 3 is 2.92 bits per heavy atom. The molecule has 12 heavy (non-hydrogen) atoms. The minimum absolute atomic E-state index is 0.383. The van der Waals surface area contributed by atoms with E-state index in [-0.39, 0.29) is 0 Å². The Morgan fingerprint density at radius 2 is 2.50 bits per heavy atom. The third-order valence-electron chi connectivity index (χ3n) is 1.41. The van der Waals surface area contributed by atoms with Crippen molar-refractivity contribution in [2.75, 3.05) is 0 Å². The summed E-state index contributed by atoms with van der Waals surface area (Å²) in [6.45, 7) is 0. The molecule has 1 atom stereocenters. The standard InChI is InChI=1S/C7H8BrNO2S/c8-4-1-2-12-6(4)3-5(9)7(10)11/h1-2,5H,3,9H2,(H,10,11)/t5-/m1/s1.